The Kier molecular flexibility index (Phi) is 3.22. The third-order valence-electron chi connectivity index (χ3n) is 4.10. The van der Waals surface area contributed by atoms with E-state index in [1.54, 1.807) is 0 Å². The van der Waals surface area contributed by atoms with Gasteiger partial charge in [-0.25, -0.2) is 0 Å². The first-order valence-electron chi connectivity index (χ1n) is 6.79. The highest BCUT2D eigenvalue weighted by Gasteiger charge is 2.39. The normalized spacial score (nSPS) is 25.1. The van der Waals surface area contributed by atoms with Crippen LogP contribution in [0, 0.1) is 11.3 Å². The van der Waals surface area contributed by atoms with Gasteiger partial charge in [0.15, 0.2) is 0 Å². The van der Waals surface area contributed by atoms with Gasteiger partial charge in [0, 0.05) is 30.7 Å². The Labute approximate surface area is 113 Å². The van der Waals surface area contributed by atoms with Gasteiger partial charge in [0.1, 0.15) is 0 Å². The zero-order chi connectivity index (χ0) is 13.2. The number of carbonyl (C=O) groups is 1. The molecule has 2 saturated heterocycles. The third-order valence-corrected chi connectivity index (χ3v) is 4.10. The van der Waals surface area contributed by atoms with Crippen LogP contribution in [0.2, 0.25) is 0 Å². The van der Waals surface area contributed by atoms with Crippen LogP contribution in [0.1, 0.15) is 28.8 Å². The summed E-state index contributed by atoms with van der Waals surface area (Å²) in [6, 6.07) is 10.3. The fraction of sp³-hybridized carbons (Fsp3) is 0.467. The molecule has 2 aliphatic heterocycles. The molecule has 2 heterocycles. The van der Waals surface area contributed by atoms with Gasteiger partial charge in [0.25, 0.3) is 5.91 Å². The average molecular weight is 255 g/mol. The lowest BCUT2D eigenvalue weighted by Gasteiger charge is -2.35. The molecule has 1 aromatic carbocycles. The van der Waals surface area contributed by atoms with Gasteiger partial charge < -0.3 is 10.2 Å². The molecule has 0 spiro atoms. The van der Waals surface area contributed by atoms with E-state index in [0.29, 0.717) is 18.5 Å². The zero-order valence-electron chi connectivity index (χ0n) is 10.8. The van der Waals surface area contributed by atoms with Crippen molar-refractivity contribution in [2.45, 2.75) is 31.3 Å². The molecule has 0 aromatic heterocycles. The number of hydrogen-bond donors (Lipinski definition) is 1. The standard InChI is InChI=1S/C15H17N3O/c16-8-7-11-1-3-12(4-2-11)15(19)18-13-5-6-14(18)10-17-9-13/h1-4,13-14,17H,5-7,9-10H2. The molecule has 2 unspecified atom stereocenters. The molecule has 4 nitrogen and oxygen atoms in total. The van der Waals surface area contributed by atoms with E-state index in [-0.39, 0.29) is 5.91 Å². The number of hydrogen-bond acceptors (Lipinski definition) is 3. The smallest absolute Gasteiger partial charge is 0.254 e. The molecule has 0 aliphatic carbocycles. The van der Waals surface area contributed by atoms with Gasteiger partial charge in [-0.05, 0) is 30.5 Å². The minimum Gasteiger partial charge on any atom is -0.330 e. The number of piperazine rings is 1. The molecule has 4 heteroatoms. The molecule has 98 valence electrons. The molecule has 0 saturated carbocycles. The van der Waals surface area contributed by atoms with Crippen LogP contribution in [-0.4, -0.2) is 36.0 Å². The number of nitrogens with one attached hydrogen (secondary N) is 1. The van der Waals surface area contributed by atoms with E-state index in [4.69, 9.17) is 5.26 Å². The third kappa shape index (κ3) is 2.22. The average Bonchev–Trinajstić information content (AvgIpc) is 2.68. The number of fused-ring (bicyclic) bond motifs is 2. The topological polar surface area (TPSA) is 56.1 Å². The summed E-state index contributed by atoms with van der Waals surface area (Å²) in [4.78, 5) is 14.6. The van der Waals surface area contributed by atoms with Crippen LogP contribution in [0.15, 0.2) is 24.3 Å². The molecule has 2 bridgehead atoms. The lowest BCUT2D eigenvalue weighted by molar-refractivity contribution is 0.0619. The van der Waals surface area contributed by atoms with Gasteiger partial charge in [-0.3, -0.25) is 4.79 Å². The molecule has 1 N–H and O–H groups in total. The van der Waals surface area contributed by atoms with Crippen LogP contribution in [-0.2, 0) is 6.42 Å². The van der Waals surface area contributed by atoms with E-state index in [1.807, 2.05) is 24.3 Å². The molecule has 19 heavy (non-hydrogen) atoms. The summed E-state index contributed by atoms with van der Waals surface area (Å²) in [6.07, 6.45) is 2.61. The Hall–Kier alpha value is -1.86. The quantitative estimate of drug-likeness (QED) is 0.867. The molecule has 2 aliphatic rings. The number of amides is 1. The van der Waals surface area contributed by atoms with Crippen molar-refractivity contribution in [1.82, 2.24) is 10.2 Å². The molecule has 2 atom stereocenters. The Bertz CT molecular complexity index is 501. The van der Waals surface area contributed by atoms with Crippen LogP contribution < -0.4 is 5.32 Å². The predicted octanol–water partition coefficient (Wildman–Crippen LogP) is 1.33. The summed E-state index contributed by atoms with van der Waals surface area (Å²) in [5.74, 6) is 0.137. The van der Waals surface area contributed by atoms with Crippen molar-refractivity contribution in [3.05, 3.63) is 35.4 Å². The zero-order valence-corrected chi connectivity index (χ0v) is 10.8. The van der Waals surface area contributed by atoms with E-state index < -0.39 is 0 Å². The van der Waals surface area contributed by atoms with Crippen molar-refractivity contribution < 1.29 is 4.79 Å². The first-order valence-corrected chi connectivity index (χ1v) is 6.79. The van der Waals surface area contributed by atoms with E-state index in [1.165, 1.54) is 0 Å². The second-order valence-electron chi connectivity index (χ2n) is 5.29. The van der Waals surface area contributed by atoms with Crippen molar-refractivity contribution in [3.8, 4) is 6.07 Å². The molecular weight excluding hydrogens is 238 g/mol. The van der Waals surface area contributed by atoms with E-state index in [0.717, 1.165) is 37.1 Å². The maximum atomic E-state index is 12.6. The van der Waals surface area contributed by atoms with Crippen LogP contribution >= 0.6 is 0 Å². The van der Waals surface area contributed by atoms with Gasteiger partial charge in [0.2, 0.25) is 0 Å². The summed E-state index contributed by atoms with van der Waals surface area (Å²) in [5.41, 5.74) is 1.70. The number of benzene rings is 1. The van der Waals surface area contributed by atoms with E-state index in [2.05, 4.69) is 16.3 Å². The van der Waals surface area contributed by atoms with Crippen LogP contribution in [0.3, 0.4) is 0 Å². The Morgan fingerprint density at radius 1 is 1.26 bits per heavy atom. The molecule has 1 aromatic rings. The van der Waals surface area contributed by atoms with Gasteiger partial charge in [0.05, 0.1) is 12.5 Å². The van der Waals surface area contributed by atoms with Crippen molar-refractivity contribution in [2.75, 3.05) is 13.1 Å². The highest BCUT2D eigenvalue weighted by Crippen LogP contribution is 2.28. The Balaban J connectivity index is 1.78. The molecular formula is C15H17N3O. The maximum Gasteiger partial charge on any atom is 0.254 e. The first kappa shape index (κ1) is 12.2. The van der Waals surface area contributed by atoms with Crippen molar-refractivity contribution in [3.63, 3.8) is 0 Å². The lowest BCUT2D eigenvalue weighted by atomic mass is 10.1. The lowest BCUT2D eigenvalue weighted by Crippen LogP contribution is -2.54. The highest BCUT2D eigenvalue weighted by molar-refractivity contribution is 5.95. The summed E-state index contributed by atoms with van der Waals surface area (Å²) in [5, 5.41) is 12.0. The predicted molar refractivity (Wildman–Crippen MR) is 71.6 cm³/mol. The largest absolute Gasteiger partial charge is 0.330 e. The van der Waals surface area contributed by atoms with Crippen molar-refractivity contribution in [2.24, 2.45) is 0 Å². The Morgan fingerprint density at radius 3 is 2.47 bits per heavy atom. The van der Waals surface area contributed by atoms with Gasteiger partial charge in [-0.2, -0.15) is 5.26 Å². The van der Waals surface area contributed by atoms with Gasteiger partial charge in [-0.15, -0.1) is 0 Å². The monoisotopic (exact) mass is 255 g/mol. The second kappa shape index (κ2) is 5.02. The maximum absolute atomic E-state index is 12.6. The fourth-order valence-corrected chi connectivity index (χ4v) is 3.12. The fourth-order valence-electron chi connectivity index (χ4n) is 3.12. The minimum atomic E-state index is 0.137. The number of carbonyl (C=O) groups excluding carboxylic acids is 1. The molecule has 0 radical (unpaired) electrons. The molecule has 2 fully saturated rings. The summed E-state index contributed by atoms with van der Waals surface area (Å²) in [6.45, 7) is 1.82. The summed E-state index contributed by atoms with van der Waals surface area (Å²) < 4.78 is 0. The number of rotatable bonds is 2. The summed E-state index contributed by atoms with van der Waals surface area (Å²) in [7, 11) is 0. The van der Waals surface area contributed by atoms with Crippen molar-refractivity contribution >= 4 is 5.91 Å². The van der Waals surface area contributed by atoms with Crippen LogP contribution in [0.4, 0.5) is 0 Å². The molecule has 1 amide bonds. The minimum absolute atomic E-state index is 0.137. The van der Waals surface area contributed by atoms with E-state index in [9.17, 15) is 4.79 Å². The number of nitrogens with zero attached hydrogens (tertiary/aromatic N) is 2. The van der Waals surface area contributed by atoms with Crippen LogP contribution in [0.25, 0.3) is 0 Å². The summed E-state index contributed by atoms with van der Waals surface area (Å²) >= 11 is 0. The highest BCUT2D eigenvalue weighted by atomic mass is 16.2. The first-order chi connectivity index (χ1) is 9.29. The molecule has 3 rings (SSSR count). The van der Waals surface area contributed by atoms with E-state index >= 15 is 0 Å². The van der Waals surface area contributed by atoms with Crippen molar-refractivity contribution in [1.29, 1.82) is 5.26 Å². The van der Waals surface area contributed by atoms with Crippen LogP contribution in [0.5, 0.6) is 0 Å². The van der Waals surface area contributed by atoms with Gasteiger partial charge in [-0.1, -0.05) is 12.1 Å². The Morgan fingerprint density at radius 2 is 1.89 bits per heavy atom. The second-order valence-corrected chi connectivity index (χ2v) is 5.29. The number of nitriles is 1. The van der Waals surface area contributed by atoms with Gasteiger partial charge >= 0.3 is 0 Å². The SMILES string of the molecule is N#CCc1ccc(C(=O)N2C3CCC2CNC3)cc1.